The predicted octanol–water partition coefficient (Wildman–Crippen LogP) is 2.30. The Hall–Kier alpha value is 0.660. The molecule has 0 aromatic rings. The molecule has 60 valence electrons. The van der Waals surface area contributed by atoms with Crippen LogP contribution < -0.4 is 0 Å². The monoisotopic (exact) mass is 178 g/mol. The van der Waals surface area contributed by atoms with Gasteiger partial charge in [-0.3, -0.25) is 0 Å². The first-order valence-electron chi connectivity index (χ1n) is 3.74. The standard InChI is InChI=1S/C7H14OS2/c1-2-9-10-7(6-8)4-3-5-7/h8H,2-6H2,1H3. The topological polar surface area (TPSA) is 20.2 Å². The van der Waals surface area contributed by atoms with E-state index in [1.165, 1.54) is 19.3 Å². The van der Waals surface area contributed by atoms with E-state index in [1.54, 1.807) is 0 Å². The molecule has 1 fully saturated rings. The van der Waals surface area contributed by atoms with Crippen molar-refractivity contribution in [3.8, 4) is 0 Å². The summed E-state index contributed by atoms with van der Waals surface area (Å²) < 4.78 is 0.251. The summed E-state index contributed by atoms with van der Waals surface area (Å²) in [6, 6.07) is 0. The highest BCUT2D eigenvalue weighted by atomic mass is 33.1. The van der Waals surface area contributed by atoms with E-state index in [1.807, 2.05) is 21.6 Å². The Morgan fingerprint density at radius 3 is 2.50 bits per heavy atom. The molecule has 0 amide bonds. The van der Waals surface area contributed by atoms with Crippen LogP contribution in [0.5, 0.6) is 0 Å². The fraction of sp³-hybridized carbons (Fsp3) is 1.00. The van der Waals surface area contributed by atoms with Crippen LogP contribution in [0.15, 0.2) is 0 Å². The van der Waals surface area contributed by atoms with Crippen LogP contribution in [0.25, 0.3) is 0 Å². The summed E-state index contributed by atoms with van der Waals surface area (Å²) in [4.78, 5) is 0. The maximum Gasteiger partial charge on any atom is 0.0586 e. The molecule has 0 bridgehead atoms. The van der Waals surface area contributed by atoms with E-state index in [0.717, 1.165) is 5.75 Å². The first kappa shape index (κ1) is 8.75. The first-order valence-corrected chi connectivity index (χ1v) is 6.06. The minimum absolute atomic E-state index is 0.251. The molecule has 10 heavy (non-hydrogen) atoms. The highest BCUT2D eigenvalue weighted by Gasteiger charge is 2.36. The van der Waals surface area contributed by atoms with Gasteiger partial charge < -0.3 is 5.11 Å². The SMILES string of the molecule is CCSSC1(CO)CCC1. The Labute approximate surface area is 70.4 Å². The molecule has 0 radical (unpaired) electrons. The van der Waals surface area contributed by atoms with Crippen molar-refractivity contribution in [1.82, 2.24) is 0 Å². The lowest BCUT2D eigenvalue weighted by Gasteiger charge is -2.38. The zero-order chi connectivity index (χ0) is 7.45. The van der Waals surface area contributed by atoms with Gasteiger partial charge in [0, 0.05) is 10.5 Å². The minimum atomic E-state index is 0.251. The molecule has 0 spiro atoms. The molecular weight excluding hydrogens is 164 g/mol. The largest absolute Gasteiger partial charge is 0.395 e. The smallest absolute Gasteiger partial charge is 0.0586 e. The lowest BCUT2D eigenvalue weighted by molar-refractivity contribution is 0.192. The lowest BCUT2D eigenvalue weighted by atomic mass is 9.85. The van der Waals surface area contributed by atoms with E-state index < -0.39 is 0 Å². The number of aliphatic hydroxyl groups is 1. The first-order chi connectivity index (χ1) is 4.83. The molecule has 1 aliphatic carbocycles. The van der Waals surface area contributed by atoms with E-state index in [2.05, 4.69) is 6.92 Å². The van der Waals surface area contributed by atoms with E-state index in [-0.39, 0.29) is 4.75 Å². The maximum atomic E-state index is 9.03. The molecule has 0 aromatic heterocycles. The quantitative estimate of drug-likeness (QED) is 0.667. The van der Waals surface area contributed by atoms with Gasteiger partial charge in [-0.25, -0.2) is 0 Å². The maximum absolute atomic E-state index is 9.03. The van der Waals surface area contributed by atoms with E-state index in [4.69, 9.17) is 5.11 Å². The molecule has 0 unspecified atom stereocenters. The van der Waals surface area contributed by atoms with Crippen molar-refractivity contribution in [2.75, 3.05) is 12.4 Å². The molecule has 0 aromatic carbocycles. The lowest BCUT2D eigenvalue weighted by Crippen LogP contribution is -2.36. The van der Waals surface area contributed by atoms with Gasteiger partial charge in [0.2, 0.25) is 0 Å². The third-order valence-electron chi connectivity index (χ3n) is 1.91. The molecule has 1 nitrogen and oxygen atoms in total. The average Bonchev–Trinajstić information content (AvgIpc) is 1.87. The van der Waals surface area contributed by atoms with Gasteiger partial charge >= 0.3 is 0 Å². The van der Waals surface area contributed by atoms with Crippen LogP contribution in [-0.4, -0.2) is 22.2 Å². The second kappa shape index (κ2) is 3.88. The summed E-state index contributed by atoms with van der Waals surface area (Å²) in [5, 5.41) is 9.03. The summed E-state index contributed by atoms with van der Waals surface area (Å²) in [5.41, 5.74) is 0. The molecule has 1 N–H and O–H groups in total. The fourth-order valence-electron chi connectivity index (χ4n) is 1.02. The van der Waals surface area contributed by atoms with Crippen LogP contribution in [0.2, 0.25) is 0 Å². The van der Waals surface area contributed by atoms with Crippen LogP contribution in [0.4, 0.5) is 0 Å². The molecule has 0 saturated heterocycles. The Kier molecular flexibility index (Phi) is 3.40. The zero-order valence-corrected chi connectivity index (χ0v) is 7.93. The van der Waals surface area contributed by atoms with Gasteiger partial charge in [0.25, 0.3) is 0 Å². The van der Waals surface area contributed by atoms with E-state index in [0.29, 0.717) is 6.61 Å². The van der Waals surface area contributed by atoms with Gasteiger partial charge in [-0.05, 0) is 12.8 Å². The second-order valence-electron chi connectivity index (χ2n) is 2.68. The number of hydrogen-bond donors (Lipinski definition) is 1. The highest BCUT2D eigenvalue weighted by Crippen LogP contribution is 2.48. The third kappa shape index (κ3) is 1.83. The van der Waals surface area contributed by atoms with Crippen molar-refractivity contribution in [3.05, 3.63) is 0 Å². The number of aliphatic hydroxyl groups excluding tert-OH is 1. The molecule has 1 rings (SSSR count). The van der Waals surface area contributed by atoms with Crippen LogP contribution in [0.1, 0.15) is 26.2 Å². The minimum Gasteiger partial charge on any atom is -0.395 e. The van der Waals surface area contributed by atoms with Gasteiger partial charge in [0.1, 0.15) is 0 Å². The van der Waals surface area contributed by atoms with Crippen molar-refractivity contribution in [1.29, 1.82) is 0 Å². The van der Waals surface area contributed by atoms with Crippen LogP contribution in [0, 0.1) is 0 Å². The second-order valence-corrected chi connectivity index (χ2v) is 5.74. The molecule has 1 aliphatic rings. The molecule has 3 heteroatoms. The fourth-order valence-corrected chi connectivity index (χ4v) is 3.66. The number of rotatable bonds is 4. The third-order valence-corrected chi connectivity index (χ3v) is 5.27. The average molecular weight is 178 g/mol. The van der Waals surface area contributed by atoms with Crippen molar-refractivity contribution in [3.63, 3.8) is 0 Å². The van der Waals surface area contributed by atoms with Gasteiger partial charge in [0.15, 0.2) is 0 Å². The van der Waals surface area contributed by atoms with Crippen molar-refractivity contribution in [2.24, 2.45) is 0 Å². The van der Waals surface area contributed by atoms with Gasteiger partial charge in [-0.2, -0.15) is 0 Å². The summed E-state index contributed by atoms with van der Waals surface area (Å²) in [7, 11) is 3.75. The zero-order valence-electron chi connectivity index (χ0n) is 6.30. The van der Waals surface area contributed by atoms with Gasteiger partial charge in [0.05, 0.1) is 6.61 Å². The Morgan fingerprint density at radius 1 is 1.50 bits per heavy atom. The summed E-state index contributed by atoms with van der Waals surface area (Å²) in [6.07, 6.45) is 3.72. The summed E-state index contributed by atoms with van der Waals surface area (Å²) in [6.45, 7) is 2.52. The number of hydrogen-bond acceptors (Lipinski definition) is 3. The van der Waals surface area contributed by atoms with Gasteiger partial charge in [-0.1, -0.05) is 34.9 Å². The van der Waals surface area contributed by atoms with Crippen molar-refractivity contribution in [2.45, 2.75) is 30.9 Å². The van der Waals surface area contributed by atoms with Crippen molar-refractivity contribution < 1.29 is 5.11 Å². The van der Waals surface area contributed by atoms with Crippen LogP contribution in [0.3, 0.4) is 0 Å². The summed E-state index contributed by atoms with van der Waals surface area (Å²) >= 11 is 0. The predicted molar refractivity (Wildman–Crippen MR) is 49.4 cm³/mol. The van der Waals surface area contributed by atoms with E-state index in [9.17, 15) is 0 Å². The Balaban J connectivity index is 2.20. The Morgan fingerprint density at radius 2 is 2.20 bits per heavy atom. The molecule has 0 heterocycles. The summed E-state index contributed by atoms with van der Waals surface area (Å²) in [5.74, 6) is 1.15. The van der Waals surface area contributed by atoms with Crippen LogP contribution in [-0.2, 0) is 0 Å². The molecule has 0 aliphatic heterocycles. The molecule has 0 atom stereocenters. The van der Waals surface area contributed by atoms with Gasteiger partial charge in [-0.15, -0.1) is 0 Å². The van der Waals surface area contributed by atoms with Crippen LogP contribution >= 0.6 is 21.6 Å². The molecular formula is C7H14OS2. The Bertz CT molecular complexity index is 96.3. The molecule has 1 saturated carbocycles. The highest BCUT2D eigenvalue weighted by molar-refractivity contribution is 8.77. The van der Waals surface area contributed by atoms with E-state index >= 15 is 0 Å². The normalized spacial score (nSPS) is 22.2. The van der Waals surface area contributed by atoms with Crippen molar-refractivity contribution >= 4 is 21.6 Å².